The minimum atomic E-state index is -1.91. The lowest BCUT2D eigenvalue weighted by atomic mass is 9.99. The highest BCUT2D eigenvalue weighted by atomic mass is 16.7. The number of fused-ring (bicyclic) bond motifs is 1. The Kier molecular flexibility index (Phi) is 8.87. The number of ether oxygens (including phenoxy) is 4. The van der Waals surface area contributed by atoms with E-state index in [9.17, 15) is 61.0 Å². The van der Waals surface area contributed by atoms with Gasteiger partial charge < -0.3 is 79.5 Å². The summed E-state index contributed by atoms with van der Waals surface area (Å²) in [7, 11) is 0. The number of aromatic hydroxyl groups is 3. The molecule has 10 atom stereocenters. The molecule has 3 aromatic rings. The highest BCUT2D eigenvalue weighted by Gasteiger charge is 2.46. The maximum atomic E-state index is 12.9. The number of rotatable bonds is 7. The number of aliphatic hydroxyl groups is 8. The molecule has 0 unspecified atom stereocenters. The first-order valence-corrected chi connectivity index (χ1v) is 13.2. The van der Waals surface area contributed by atoms with Crippen LogP contribution in [0.1, 0.15) is 0 Å². The molecule has 2 fully saturated rings. The van der Waals surface area contributed by atoms with Crippen molar-refractivity contribution in [1.82, 2.24) is 0 Å². The topological polar surface area (TPSA) is 290 Å². The van der Waals surface area contributed by atoms with Gasteiger partial charge in [0.1, 0.15) is 77.1 Å². The van der Waals surface area contributed by atoms with Gasteiger partial charge in [0.05, 0.1) is 13.2 Å². The lowest BCUT2D eigenvalue weighted by molar-refractivity contribution is -0.279. The number of phenols is 3. The molecule has 11 N–H and O–H groups in total. The first kappa shape index (κ1) is 31.7. The first-order chi connectivity index (χ1) is 20.8. The minimum Gasteiger partial charge on any atom is -0.508 e. The van der Waals surface area contributed by atoms with E-state index < -0.39 is 109 Å². The molecule has 0 bridgehead atoms. The van der Waals surface area contributed by atoms with E-state index in [1.54, 1.807) is 0 Å². The Balaban J connectivity index is 1.60. The van der Waals surface area contributed by atoms with Crippen LogP contribution in [0.2, 0.25) is 0 Å². The smallest absolute Gasteiger partial charge is 0.229 e. The van der Waals surface area contributed by atoms with Crippen LogP contribution in [0, 0.1) is 0 Å². The van der Waals surface area contributed by atoms with Gasteiger partial charge in [0, 0.05) is 23.8 Å². The van der Waals surface area contributed by atoms with Crippen molar-refractivity contribution in [3.63, 3.8) is 0 Å². The summed E-state index contributed by atoms with van der Waals surface area (Å²) < 4.78 is 27.5. The fourth-order valence-corrected chi connectivity index (χ4v) is 4.88. The molecule has 1 aromatic heterocycles. The van der Waals surface area contributed by atoms with E-state index >= 15 is 0 Å². The van der Waals surface area contributed by atoms with Gasteiger partial charge in [-0.3, -0.25) is 4.79 Å². The van der Waals surface area contributed by atoms with E-state index in [1.165, 1.54) is 0 Å². The van der Waals surface area contributed by atoms with Crippen molar-refractivity contribution in [1.29, 1.82) is 0 Å². The van der Waals surface area contributed by atoms with Crippen LogP contribution in [0.15, 0.2) is 39.5 Å². The summed E-state index contributed by atoms with van der Waals surface area (Å²) in [5, 5.41) is 111. The van der Waals surface area contributed by atoms with E-state index in [2.05, 4.69) is 0 Å². The molecule has 2 aromatic carbocycles. The zero-order chi connectivity index (χ0) is 32.0. The fraction of sp³-hybridized carbons (Fsp3) is 0.444. The van der Waals surface area contributed by atoms with E-state index in [1.807, 2.05) is 0 Å². The first-order valence-electron chi connectivity index (χ1n) is 13.2. The molecule has 0 amide bonds. The average Bonchev–Trinajstić information content (AvgIpc) is 2.98. The van der Waals surface area contributed by atoms with E-state index in [-0.39, 0.29) is 22.3 Å². The number of hydrogen-bond acceptors (Lipinski definition) is 17. The zero-order valence-corrected chi connectivity index (χ0v) is 22.4. The van der Waals surface area contributed by atoms with Crippen LogP contribution in [-0.4, -0.2) is 131 Å². The van der Waals surface area contributed by atoms with Crippen molar-refractivity contribution >= 4 is 11.0 Å². The quantitative estimate of drug-likeness (QED) is 0.124. The summed E-state index contributed by atoms with van der Waals surface area (Å²) >= 11 is 0. The second-order valence-corrected chi connectivity index (χ2v) is 10.3. The van der Waals surface area contributed by atoms with Crippen molar-refractivity contribution in [2.75, 3.05) is 13.2 Å². The number of aliphatic hydroxyl groups excluding tert-OH is 8. The minimum absolute atomic E-state index is 0.0937. The predicted octanol–water partition coefficient (Wildman–Crippen LogP) is -3.07. The van der Waals surface area contributed by atoms with Crippen molar-refractivity contribution in [2.45, 2.75) is 61.4 Å². The van der Waals surface area contributed by atoms with Gasteiger partial charge in [-0.2, -0.15) is 0 Å². The number of hydrogen-bond donors (Lipinski definition) is 11. The van der Waals surface area contributed by atoms with Gasteiger partial charge in [0.15, 0.2) is 16.9 Å². The van der Waals surface area contributed by atoms with Gasteiger partial charge in [-0.25, -0.2) is 0 Å². The molecule has 44 heavy (non-hydrogen) atoms. The molecule has 5 rings (SSSR count). The van der Waals surface area contributed by atoms with Crippen LogP contribution in [0.3, 0.4) is 0 Å². The Labute approximate surface area is 246 Å². The maximum absolute atomic E-state index is 12.9. The average molecular weight is 627 g/mol. The third-order valence-corrected chi connectivity index (χ3v) is 7.30. The highest BCUT2D eigenvalue weighted by molar-refractivity contribution is 5.86. The van der Waals surface area contributed by atoms with Crippen molar-refractivity contribution in [3.8, 4) is 40.1 Å². The van der Waals surface area contributed by atoms with Gasteiger partial charge in [0.25, 0.3) is 0 Å². The van der Waals surface area contributed by atoms with Gasteiger partial charge in [-0.15, -0.1) is 0 Å². The maximum Gasteiger partial charge on any atom is 0.229 e. The number of phenolic OH excluding ortho intramolecular Hbond substituents is 3. The molecule has 2 saturated heterocycles. The molecule has 3 heterocycles. The summed E-state index contributed by atoms with van der Waals surface area (Å²) in [5.41, 5.74) is -1.09. The van der Waals surface area contributed by atoms with Crippen LogP contribution in [-0.2, 0) is 9.47 Å². The fourth-order valence-electron chi connectivity index (χ4n) is 4.88. The summed E-state index contributed by atoms with van der Waals surface area (Å²) in [4.78, 5) is 12.9. The monoisotopic (exact) mass is 626 g/mol. The molecule has 17 nitrogen and oxygen atoms in total. The summed E-state index contributed by atoms with van der Waals surface area (Å²) in [6.45, 7) is -1.57. The summed E-state index contributed by atoms with van der Waals surface area (Å²) in [6.07, 6.45) is -17.3. The zero-order valence-electron chi connectivity index (χ0n) is 22.4. The molecule has 0 spiro atoms. The normalized spacial score (nSPS) is 32.5. The summed E-state index contributed by atoms with van der Waals surface area (Å²) in [6, 6.07) is 5.07. The molecular formula is C27H30O17. The van der Waals surface area contributed by atoms with Gasteiger partial charge in [-0.1, -0.05) is 0 Å². The van der Waals surface area contributed by atoms with Crippen molar-refractivity contribution < 1.29 is 79.5 Å². The Hall–Kier alpha value is -3.75. The Bertz CT molecular complexity index is 1490. The standard InChI is InChI=1S/C27H30O17/c28-6-16-20(34)22(36)24(38)26(43-16)41-14-1-8(12-5-11(32)18-10(31)3-9(30)4-13(18)40-12)2-15(19(14)33)42-27-25(39)23(37)21(35)17(7-29)44-27/h1-5,16-17,20-31,33-39H,6-7H2/t16-,17-,20-,21-,22-,23-,24-,25-,26-,27-/m0/s1. The lowest BCUT2D eigenvalue weighted by Gasteiger charge is -2.40. The third kappa shape index (κ3) is 5.73. The van der Waals surface area contributed by atoms with E-state index in [0.29, 0.717) is 0 Å². The Morgan fingerprint density at radius 3 is 1.64 bits per heavy atom. The van der Waals surface area contributed by atoms with Crippen molar-refractivity contribution in [3.05, 3.63) is 40.6 Å². The molecule has 2 aliphatic heterocycles. The van der Waals surface area contributed by atoms with Gasteiger partial charge >= 0.3 is 0 Å². The van der Waals surface area contributed by atoms with Crippen LogP contribution < -0.4 is 14.9 Å². The van der Waals surface area contributed by atoms with Crippen molar-refractivity contribution in [2.24, 2.45) is 0 Å². The molecule has 2 aliphatic rings. The lowest BCUT2D eigenvalue weighted by Crippen LogP contribution is -2.60. The number of benzene rings is 2. The molecule has 0 radical (unpaired) electrons. The Morgan fingerprint density at radius 1 is 0.659 bits per heavy atom. The highest BCUT2D eigenvalue weighted by Crippen LogP contribution is 2.44. The molecule has 0 saturated carbocycles. The molecule has 17 heteroatoms. The third-order valence-electron chi connectivity index (χ3n) is 7.30. The van der Waals surface area contributed by atoms with Crippen LogP contribution >= 0.6 is 0 Å². The molecule has 0 aliphatic carbocycles. The predicted molar refractivity (Wildman–Crippen MR) is 142 cm³/mol. The second kappa shape index (κ2) is 12.3. The molecule has 240 valence electrons. The van der Waals surface area contributed by atoms with Crippen LogP contribution in [0.4, 0.5) is 0 Å². The second-order valence-electron chi connectivity index (χ2n) is 10.3. The van der Waals surface area contributed by atoms with Crippen LogP contribution in [0.5, 0.6) is 28.7 Å². The SMILES string of the molecule is O=c1cc(-c2cc(O[C@H]3O[C@@H](CO)[C@H](O)[C@H](O)[C@@H]3O)c(O)c(O[C@H]3O[C@@H](CO)[C@H](O)[C@H](O)[C@@H]3O)c2)oc2cc(O)cc(O)c12. The van der Waals surface area contributed by atoms with E-state index in [0.717, 1.165) is 30.3 Å². The largest absolute Gasteiger partial charge is 0.508 e. The van der Waals surface area contributed by atoms with Crippen LogP contribution in [0.25, 0.3) is 22.3 Å². The van der Waals surface area contributed by atoms with Gasteiger partial charge in [-0.05, 0) is 12.1 Å². The van der Waals surface area contributed by atoms with Gasteiger partial charge in [0.2, 0.25) is 18.3 Å². The summed E-state index contributed by atoms with van der Waals surface area (Å²) in [5.74, 6) is -3.21. The molecular weight excluding hydrogens is 596 g/mol. The Morgan fingerprint density at radius 2 is 1.16 bits per heavy atom. The van der Waals surface area contributed by atoms with E-state index in [4.69, 9.17) is 23.4 Å².